The largest absolute Gasteiger partial charge is 0.480 e. The van der Waals surface area contributed by atoms with E-state index < -0.39 is 12.0 Å². The van der Waals surface area contributed by atoms with Crippen LogP contribution in [0.5, 0.6) is 0 Å². The average molecular weight is 168 g/mol. The Morgan fingerprint density at radius 2 is 2.50 bits per heavy atom. The maximum absolute atomic E-state index is 10.7. The van der Waals surface area contributed by atoms with Crippen molar-refractivity contribution in [3.8, 4) is 0 Å². The lowest BCUT2D eigenvalue weighted by molar-refractivity contribution is -0.141. The van der Waals surface area contributed by atoms with Gasteiger partial charge in [0.15, 0.2) is 0 Å². The topological polar surface area (TPSA) is 55.1 Å². The normalized spacial score (nSPS) is 12.8. The molecule has 12 heavy (non-hydrogen) atoms. The number of nitrogens with zero attached hydrogens (tertiary/aromatic N) is 2. The summed E-state index contributed by atoms with van der Waals surface area (Å²) in [7, 11) is 0. The van der Waals surface area contributed by atoms with Crippen LogP contribution in [-0.4, -0.2) is 20.9 Å². The minimum absolute atomic E-state index is 0.529. The van der Waals surface area contributed by atoms with Crippen molar-refractivity contribution in [3.05, 3.63) is 18.0 Å². The van der Waals surface area contributed by atoms with E-state index in [1.165, 1.54) is 4.68 Å². The molecule has 0 amide bonds. The number of carbonyl (C=O) groups is 1. The van der Waals surface area contributed by atoms with E-state index in [2.05, 4.69) is 5.10 Å². The molecule has 0 saturated carbocycles. The third-order valence-corrected chi connectivity index (χ3v) is 1.72. The predicted octanol–water partition coefficient (Wildman–Crippen LogP) is 1.23. The summed E-state index contributed by atoms with van der Waals surface area (Å²) < 4.78 is 1.48. The van der Waals surface area contributed by atoms with Crippen molar-refractivity contribution in [1.29, 1.82) is 0 Å². The molecule has 1 atom stereocenters. The van der Waals surface area contributed by atoms with E-state index in [1.54, 1.807) is 12.4 Å². The van der Waals surface area contributed by atoms with Crippen LogP contribution in [0.4, 0.5) is 0 Å². The Morgan fingerprint density at radius 1 is 1.83 bits per heavy atom. The van der Waals surface area contributed by atoms with Crippen LogP contribution in [0.3, 0.4) is 0 Å². The van der Waals surface area contributed by atoms with Gasteiger partial charge in [-0.25, -0.2) is 4.79 Å². The second-order valence-corrected chi connectivity index (χ2v) is 2.76. The summed E-state index contributed by atoms with van der Waals surface area (Å²) in [6.07, 6.45) is 3.95. The predicted molar refractivity (Wildman–Crippen MR) is 43.9 cm³/mol. The molecule has 1 unspecified atom stereocenters. The number of hydrogen-bond donors (Lipinski definition) is 1. The Morgan fingerprint density at radius 3 is 2.83 bits per heavy atom. The second-order valence-electron chi connectivity index (χ2n) is 2.76. The van der Waals surface area contributed by atoms with Crippen molar-refractivity contribution in [3.63, 3.8) is 0 Å². The monoisotopic (exact) mass is 168 g/mol. The van der Waals surface area contributed by atoms with Crippen molar-refractivity contribution >= 4 is 5.97 Å². The standard InChI is InChI=1S/C8H12N2O2/c1-3-7(8(11)12)10-5-6(2)4-9-10/h4-5,7H,3H2,1-2H3,(H,11,12). The van der Waals surface area contributed by atoms with Crippen LogP contribution >= 0.6 is 0 Å². The third kappa shape index (κ3) is 1.64. The van der Waals surface area contributed by atoms with Gasteiger partial charge in [0.25, 0.3) is 0 Å². The highest BCUT2D eigenvalue weighted by Crippen LogP contribution is 2.10. The Kier molecular flexibility index (Phi) is 2.47. The summed E-state index contributed by atoms with van der Waals surface area (Å²) >= 11 is 0. The van der Waals surface area contributed by atoms with Gasteiger partial charge in [0.1, 0.15) is 6.04 Å². The summed E-state index contributed by atoms with van der Waals surface area (Å²) in [4.78, 5) is 10.7. The number of aromatic nitrogens is 2. The van der Waals surface area contributed by atoms with Gasteiger partial charge < -0.3 is 5.11 Å². The third-order valence-electron chi connectivity index (χ3n) is 1.72. The van der Waals surface area contributed by atoms with E-state index in [0.29, 0.717) is 6.42 Å². The summed E-state index contributed by atoms with van der Waals surface area (Å²) in [5.41, 5.74) is 0.981. The van der Waals surface area contributed by atoms with Gasteiger partial charge in [-0.1, -0.05) is 6.92 Å². The molecular weight excluding hydrogens is 156 g/mol. The number of aliphatic carboxylic acids is 1. The first-order chi connectivity index (χ1) is 5.65. The maximum Gasteiger partial charge on any atom is 0.328 e. The highest BCUT2D eigenvalue weighted by atomic mass is 16.4. The molecule has 0 aliphatic heterocycles. The van der Waals surface area contributed by atoms with Crippen LogP contribution in [-0.2, 0) is 4.79 Å². The maximum atomic E-state index is 10.7. The molecule has 0 aliphatic carbocycles. The lowest BCUT2D eigenvalue weighted by Crippen LogP contribution is -2.18. The SMILES string of the molecule is CCC(C(=O)O)n1cc(C)cn1. The van der Waals surface area contributed by atoms with Gasteiger partial charge in [-0.2, -0.15) is 5.10 Å². The van der Waals surface area contributed by atoms with Gasteiger partial charge in [0.05, 0.1) is 6.20 Å². The lowest BCUT2D eigenvalue weighted by Gasteiger charge is -2.08. The van der Waals surface area contributed by atoms with Crippen LogP contribution in [0.2, 0.25) is 0 Å². The number of rotatable bonds is 3. The van der Waals surface area contributed by atoms with Crippen LogP contribution in [0.15, 0.2) is 12.4 Å². The zero-order chi connectivity index (χ0) is 9.14. The molecule has 4 nitrogen and oxygen atoms in total. The Labute approximate surface area is 70.8 Å². The minimum atomic E-state index is -0.833. The molecule has 0 aromatic carbocycles. The number of carboxylic acid groups (broad SMARTS) is 1. The summed E-state index contributed by atoms with van der Waals surface area (Å²) in [6.45, 7) is 3.72. The summed E-state index contributed by atoms with van der Waals surface area (Å²) in [5.74, 6) is -0.833. The molecule has 0 fully saturated rings. The molecule has 0 aliphatic rings. The van der Waals surface area contributed by atoms with Crippen LogP contribution in [0.1, 0.15) is 24.9 Å². The molecule has 0 bridgehead atoms. The zero-order valence-corrected chi connectivity index (χ0v) is 7.19. The second kappa shape index (κ2) is 3.38. The summed E-state index contributed by atoms with van der Waals surface area (Å²) in [6, 6.07) is -0.529. The van der Waals surface area contributed by atoms with Crippen molar-refractivity contribution in [2.75, 3.05) is 0 Å². The molecule has 0 spiro atoms. The highest BCUT2D eigenvalue weighted by Gasteiger charge is 2.16. The fourth-order valence-electron chi connectivity index (χ4n) is 1.08. The zero-order valence-electron chi connectivity index (χ0n) is 7.19. The Bertz CT molecular complexity index is 280. The number of aryl methyl sites for hydroxylation is 1. The minimum Gasteiger partial charge on any atom is -0.480 e. The number of hydrogen-bond acceptors (Lipinski definition) is 2. The van der Waals surface area contributed by atoms with Gasteiger partial charge in [-0.3, -0.25) is 4.68 Å². The van der Waals surface area contributed by atoms with Crippen molar-refractivity contribution in [2.45, 2.75) is 26.3 Å². The van der Waals surface area contributed by atoms with Crippen molar-refractivity contribution < 1.29 is 9.90 Å². The van der Waals surface area contributed by atoms with Gasteiger partial charge in [0, 0.05) is 6.20 Å². The number of carboxylic acids is 1. The average Bonchev–Trinajstić information content (AvgIpc) is 2.37. The van der Waals surface area contributed by atoms with Gasteiger partial charge in [0.2, 0.25) is 0 Å². The molecule has 1 aromatic heterocycles. The Hall–Kier alpha value is -1.32. The van der Waals surface area contributed by atoms with Gasteiger partial charge in [-0.15, -0.1) is 0 Å². The van der Waals surface area contributed by atoms with E-state index in [0.717, 1.165) is 5.56 Å². The lowest BCUT2D eigenvalue weighted by atomic mass is 10.2. The van der Waals surface area contributed by atoms with E-state index in [-0.39, 0.29) is 0 Å². The van der Waals surface area contributed by atoms with E-state index in [1.807, 2.05) is 13.8 Å². The van der Waals surface area contributed by atoms with Crippen molar-refractivity contribution in [2.24, 2.45) is 0 Å². The molecule has 1 rings (SSSR count). The molecule has 0 radical (unpaired) electrons. The fourth-order valence-corrected chi connectivity index (χ4v) is 1.08. The van der Waals surface area contributed by atoms with E-state index in [9.17, 15) is 4.79 Å². The summed E-state index contributed by atoms with van der Waals surface area (Å²) in [5, 5.41) is 12.7. The van der Waals surface area contributed by atoms with Gasteiger partial charge in [-0.05, 0) is 18.9 Å². The molecular formula is C8H12N2O2. The first-order valence-corrected chi connectivity index (χ1v) is 3.88. The van der Waals surface area contributed by atoms with Crippen molar-refractivity contribution in [1.82, 2.24) is 9.78 Å². The van der Waals surface area contributed by atoms with E-state index in [4.69, 9.17) is 5.11 Å². The van der Waals surface area contributed by atoms with Crippen LogP contribution < -0.4 is 0 Å². The van der Waals surface area contributed by atoms with Crippen LogP contribution in [0, 0.1) is 6.92 Å². The first kappa shape index (κ1) is 8.77. The molecule has 66 valence electrons. The fraction of sp³-hybridized carbons (Fsp3) is 0.500. The van der Waals surface area contributed by atoms with Gasteiger partial charge >= 0.3 is 5.97 Å². The molecule has 1 aromatic rings. The Balaban J connectivity index is 2.87. The molecule has 1 N–H and O–H groups in total. The van der Waals surface area contributed by atoms with Crippen LogP contribution in [0.25, 0.3) is 0 Å². The quantitative estimate of drug-likeness (QED) is 0.738. The molecule has 0 saturated heterocycles. The molecule has 1 heterocycles. The smallest absolute Gasteiger partial charge is 0.328 e. The highest BCUT2D eigenvalue weighted by molar-refractivity contribution is 5.71. The first-order valence-electron chi connectivity index (χ1n) is 3.88. The van der Waals surface area contributed by atoms with E-state index >= 15 is 0 Å². The molecule has 4 heteroatoms.